The van der Waals surface area contributed by atoms with Gasteiger partial charge in [0.25, 0.3) is 24.1 Å². The summed E-state index contributed by atoms with van der Waals surface area (Å²) in [5.74, 6) is 4.50. The van der Waals surface area contributed by atoms with Gasteiger partial charge in [-0.15, -0.1) is 0 Å². The first-order valence-electron chi connectivity index (χ1n) is 20.0. The zero-order valence-corrected chi connectivity index (χ0v) is 33.4. The lowest BCUT2D eigenvalue weighted by molar-refractivity contribution is -0.136. The minimum Gasteiger partial charge on any atom is -0.360 e. The quantitative estimate of drug-likeness (QED) is 0.0737. The summed E-state index contributed by atoms with van der Waals surface area (Å²) < 4.78 is 29.7. The van der Waals surface area contributed by atoms with Gasteiger partial charge in [0, 0.05) is 96.4 Å². The molecule has 0 bridgehead atoms. The van der Waals surface area contributed by atoms with Crippen molar-refractivity contribution in [1.82, 2.24) is 30.8 Å². The Bertz CT molecular complexity index is 2640. The highest BCUT2D eigenvalue weighted by Crippen LogP contribution is 2.43. The molecule has 0 spiro atoms. The average Bonchev–Trinajstić information content (AvgIpc) is 3.83. The number of hydrogen-bond acceptors (Lipinski definition) is 7. The molecule has 5 heterocycles. The molecular formula is C46H43F2N7O5. The molecule has 1 atom stereocenters. The molecule has 12 nitrogen and oxygen atoms in total. The van der Waals surface area contributed by atoms with E-state index in [2.05, 4.69) is 62.6 Å². The van der Waals surface area contributed by atoms with Gasteiger partial charge >= 0.3 is 0 Å². The molecule has 306 valence electrons. The van der Waals surface area contributed by atoms with Crippen LogP contribution in [0.1, 0.15) is 111 Å². The molecule has 1 unspecified atom stereocenters. The second-order valence-electron chi connectivity index (χ2n) is 15.5. The minimum absolute atomic E-state index is 0.125. The highest BCUT2D eigenvalue weighted by Gasteiger charge is 2.39. The molecule has 5 amide bonds. The normalized spacial score (nSPS) is 16.1. The monoisotopic (exact) mass is 811 g/mol. The summed E-state index contributed by atoms with van der Waals surface area (Å²) in [6, 6.07) is 15.0. The number of alkyl halides is 2. The number of nitrogens with one attached hydrogen (secondary N) is 4. The second-order valence-corrected chi connectivity index (χ2v) is 15.5. The van der Waals surface area contributed by atoms with Gasteiger partial charge in [0.15, 0.2) is 0 Å². The number of H-pyrrole nitrogens is 1. The fourth-order valence-electron chi connectivity index (χ4n) is 8.40. The number of aromatic nitrogens is 2. The number of nitrogens with zero attached hydrogens (tertiary/aromatic N) is 3. The van der Waals surface area contributed by atoms with Crippen LogP contribution < -0.4 is 20.9 Å². The molecule has 8 rings (SSSR count). The first kappa shape index (κ1) is 39.9. The Labute approximate surface area is 345 Å². The summed E-state index contributed by atoms with van der Waals surface area (Å²) in [5.41, 5.74) is 7.46. The maximum atomic E-state index is 14.8. The third-order valence-corrected chi connectivity index (χ3v) is 11.5. The van der Waals surface area contributed by atoms with Gasteiger partial charge in [-0.25, -0.2) is 8.78 Å². The van der Waals surface area contributed by atoms with Crippen LogP contribution in [-0.2, 0) is 22.6 Å². The van der Waals surface area contributed by atoms with Crippen molar-refractivity contribution < 1.29 is 32.8 Å². The van der Waals surface area contributed by atoms with Crippen LogP contribution >= 0.6 is 0 Å². The molecule has 1 saturated heterocycles. The SMILES string of the molecule is CNC(=O)c1c[nH]c2c(C(C)C)cc(N3CCCc4cc(-c5ccc(C(=O)NCCC#Cc6cccc7c6CN(C6CCC(=O)NC6=O)C7=O)nc5)c(C(F)F)cc43)cc12. The second kappa shape index (κ2) is 16.4. The molecule has 2 aromatic heterocycles. The number of amides is 5. The third-order valence-electron chi connectivity index (χ3n) is 11.5. The average molecular weight is 812 g/mol. The maximum Gasteiger partial charge on any atom is 0.269 e. The van der Waals surface area contributed by atoms with Gasteiger partial charge in [0.05, 0.1) is 5.56 Å². The summed E-state index contributed by atoms with van der Waals surface area (Å²) in [6.45, 7) is 5.20. The Hall–Kier alpha value is -6.88. The highest BCUT2D eigenvalue weighted by molar-refractivity contribution is 6.09. The van der Waals surface area contributed by atoms with Gasteiger partial charge in [0.1, 0.15) is 11.7 Å². The van der Waals surface area contributed by atoms with E-state index in [9.17, 15) is 32.8 Å². The molecule has 3 aromatic carbocycles. The molecule has 14 heteroatoms. The standard InChI is InChI=1S/C46H43F2N7O5/c1-25(2)31-19-29(20-33-35(43(57)49-3)23-52-41(31)33)54-17-7-10-27-18-32(34(42(47)48)21-39(27)54)28-12-13-37(51-22-28)44(58)50-16-5-4-8-26-9-6-11-30-36(26)24-55(46(30)60)38-14-15-40(56)53-45(38)59/h6,9,11-13,18-23,25,38,42,52H,5,7,10,14-17,24H2,1-3H3,(H,49,57)(H,50,58)(H,53,56,59). The van der Waals surface area contributed by atoms with Crippen molar-refractivity contribution in [2.24, 2.45) is 0 Å². The van der Waals surface area contributed by atoms with Crippen LogP contribution in [0.25, 0.3) is 22.0 Å². The first-order chi connectivity index (χ1) is 28.9. The van der Waals surface area contributed by atoms with Crippen molar-refractivity contribution in [2.75, 3.05) is 25.0 Å². The van der Waals surface area contributed by atoms with Crippen molar-refractivity contribution >= 4 is 51.8 Å². The van der Waals surface area contributed by atoms with E-state index in [1.54, 1.807) is 49.6 Å². The highest BCUT2D eigenvalue weighted by atomic mass is 19.3. The Balaban J connectivity index is 0.955. The van der Waals surface area contributed by atoms with Crippen molar-refractivity contribution in [3.8, 4) is 23.0 Å². The van der Waals surface area contributed by atoms with Crippen LogP contribution in [0.4, 0.5) is 20.2 Å². The number of anilines is 2. The van der Waals surface area contributed by atoms with Gasteiger partial charge in [-0.2, -0.15) is 0 Å². The lowest BCUT2D eigenvalue weighted by Crippen LogP contribution is -2.52. The van der Waals surface area contributed by atoms with E-state index in [1.165, 1.54) is 17.2 Å². The van der Waals surface area contributed by atoms with E-state index in [-0.39, 0.29) is 60.8 Å². The fourth-order valence-corrected chi connectivity index (χ4v) is 8.40. The molecule has 0 saturated carbocycles. The number of hydrogen-bond donors (Lipinski definition) is 4. The number of aromatic amines is 1. The number of rotatable bonds is 9. The maximum absolute atomic E-state index is 14.8. The number of benzene rings is 3. The van der Waals surface area contributed by atoms with Crippen LogP contribution in [-0.4, -0.2) is 70.6 Å². The van der Waals surface area contributed by atoms with Crippen LogP contribution in [0.3, 0.4) is 0 Å². The van der Waals surface area contributed by atoms with Crippen molar-refractivity contribution in [1.29, 1.82) is 0 Å². The summed E-state index contributed by atoms with van der Waals surface area (Å²) in [6.07, 6.45) is 2.58. The van der Waals surface area contributed by atoms with Crippen LogP contribution in [0.15, 0.2) is 67.0 Å². The number of carbonyl (C=O) groups is 5. The predicted octanol–water partition coefficient (Wildman–Crippen LogP) is 6.67. The Kier molecular flexibility index (Phi) is 10.9. The third kappa shape index (κ3) is 7.47. The van der Waals surface area contributed by atoms with Gasteiger partial charge in [-0.1, -0.05) is 37.8 Å². The Morgan fingerprint density at radius 2 is 1.83 bits per heavy atom. The predicted molar refractivity (Wildman–Crippen MR) is 222 cm³/mol. The van der Waals surface area contributed by atoms with E-state index < -0.39 is 24.3 Å². The molecule has 4 N–H and O–H groups in total. The van der Waals surface area contributed by atoms with Gasteiger partial charge in [-0.3, -0.25) is 34.3 Å². The zero-order chi connectivity index (χ0) is 42.2. The van der Waals surface area contributed by atoms with Crippen molar-refractivity contribution in [3.63, 3.8) is 0 Å². The molecule has 60 heavy (non-hydrogen) atoms. The number of aryl methyl sites for hydroxylation is 1. The van der Waals surface area contributed by atoms with Crippen molar-refractivity contribution in [3.05, 3.63) is 112 Å². The lowest BCUT2D eigenvalue weighted by Gasteiger charge is -2.33. The number of pyridine rings is 1. The summed E-state index contributed by atoms with van der Waals surface area (Å²) in [7, 11) is 1.59. The first-order valence-corrected chi connectivity index (χ1v) is 20.0. The zero-order valence-electron chi connectivity index (χ0n) is 33.4. The molecule has 3 aliphatic rings. The van der Waals surface area contributed by atoms with Gasteiger partial charge in [0.2, 0.25) is 11.8 Å². The minimum atomic E-state index is -2.78. The van der Waals surface area contributed by atoms with E-state index >= 15 is 0 Å². The Morgan fingerprint density at radius 3 is 2.57 bits per heavy atom. The topological polar surface area (TPSA) is 157 Å². The molecule has 5 aromatic rings. The van der Waals surface area contributed by atoms with Gasteiger partial charge < -0.3 is 25.4 Å². The number of imide groups is 1. The van der Waals surface area contributed by atoms with Crippen LogP contribution in [0, 0.1) is 11.8 Å². The number of halogens is 2. The van der Waals surface area contributed by atoms with E-state index in [1.807, 2.05) is 6.07 Å². The molecule has 1 fully saturated rings. The van der Waals surface area contributed by atoms with Crippen LogP contribution in [0.5, 0.6) is 0 Å². The number of carbonyl (C=O) groups excluding carboxylic acids is 5. The largest absolute Gasteiger partial charge is 0.360 e. The van der Waals surface area contributed by atoms with Gasteiger partial charge in [-0.05, 0) is 89.9 Å². The van der Waals surface area contributed by atoms with E-state index in [0.29, 0.717) is 58.5 Å². The summed E-state index contributed by atoms with van der Waals surface area (Å²) >= 11 is 0. The molecule has 3 aliphatic heterocycles. The smallest absolute Gasteiger partial charge is 0.269 e. The van der Waals surface area contributed by atoms with Crippen LogP contribution in [0.2, 0.25) is 0 Å². The van der Waals surface area contributed by atoms with Crippen molar-refractivity contribution in [2.45, 2.75) is 70.9 Å². The summed E-state index contributed by atoms with van der Waals surface area (Å²) in [5, 5.41) is 8.57. The fraction of sp³-hybridized carbons (Fsp3) is 0.304. The van der Waals surface area contributed by atoms with E-state index in [4.69, 9.17) is 0 Å². The number of piperidine rings is 1. The number of fused-ring (bicyclic) bond motifs is 3. The molecule has 0 radical (unpaired) electrons. The molecule has 0 aliphatic carbocycles. The Morgan fingerprint density at radius 1 is 1.00 bits per heavy atom. The summed E-state index contributed by atoms with van der Waals surface area (Å²) in [4.78, 5) is 74.1. The lowest BCUT2D eigenvalue weighted by atomic mass is 9.91. The molecular weight excluding hydrogens is 769 g/mol. The van der Waals surface area contributed by atoms with E-state index in [0.717, 1.165) is 34.1 Å².